The normalized spacial score (nSPS) is 18.4. The SMILES string of the molecule is O=C(c1ccc(C(F)(F)F)cn1)N1CC[C@@H](c2ccc(-c3ccccc3C3CC3)cc2CO)C1. The standard InChI is InChI=1S/C27H25F3N2O2/c28-27(29,30)21-8-10-25(31-14-21)26(34)32-12-11-19(15-32)22-9-7-18(13-20(22)16-33)24-4-2-1-3-23(24)17-5-6-17/h1-4,7-10,13-14,17,19,33H,5-6,11-12,15-16H2/t19-/m1/s1. The molecule has 176 valence electrons. The van der Waals surface area contributed by atoms with E-state index in [1.807, 2.05) is 18.2 Å². The number of aliphatic hydroxyl groups excluding tert-OH is 1. The third kappa shape index (κ3) is 4.44. The summed E-state index contributed by atoms with van der Waals surface area (Å²) < 4.78 is 38.3. The molecule has 2 aromatic carbocycles. The number of hydrogen-bond donors (Lipinski definition) is 1. The Kier molecular flexibility index (Phi) is 5.90. The van der Waals surface area contributed by atoms with Gasteiger partial charge >= 0.3 is 6.18 Å². The lowest BCUT2D eigenvalue weighted by molar-refractivity contribution is -0.137. The number of hydrogen-bond acceptors (Lipinski definition) is 3. The number of likely N-dealkylation sites (tertiary alicyclic amines) is 1. The average Bonchev–Trinajstić information content (AvgIpc) is 3.59. The maximum absolute atomic E-state index is 12.8. The smallest absolute Gasteiger partial charge is 0.392 e. The number of carbonyl (C=O) groups excluding carboxylic acids is 1. The van der Waals surface area contributed by atoms with Crippen LogP contribution in [0.3, 0.4) is 0 Å². The minimum atomic E-state index is -4.49. The molecule has 1 saturated carbocycles. The molecular formula is C27H25F3N2O2. The molecule has 3 aromatic rings. The summed E-state index contributed by atoms with van der Waals surface area (Å²) in [6.45, 7) is 0.829. The van der Waals surface area contributed by atoms with E-state index in [9.17, 15) is 23.1 Å². The summed E-state index contributed by atoms with van der Waals surface area (Å²) in [5, 5.41) is 10.1. The first kappa shape index (κ1) is 22.6. The molecule has 1 N–H and O–H groups in total. The number of benzene rings is 2. The van der Waals surface area contributed by atoms with Gasteiger partial charge in [-0.1, -0.05) is 36.4 Å². The second-order valence-corrected chi connectivity index (χ2v) is 9.10. The van der Waals surface area contributed by atoms with Crippen molar-refractivity contribution < 1.29 is 23.1 Å². The van der Waals surface area contributed by atoms with E-state index in [4.69, 9.17) is 0 Å². The van der Waals surface area contributed by atoms with E-state index < -0.39 is 11.7 Å². The van der Waals surface area contributed by atoms with Gasteiger partial charge in [-0.25, -0.2) is 0 Å². The van der Waals surface area contributed by atoms with Gasteiger partial charge in [0.2, 0.25) is 0 Å². The number of carbonyl (C=O) groups is 1. The van der Waals surface area contributed by atoms with Gasteiger partial charge in [0.05, 0.1) is 12.2 Å². The zero-order chi connectivity index (χ0) is 23.9. The summed E-state index contributed by atoms with van der Waals surface area (Å²) in [7, 11) is 0. The van der Waals surface area contributed by atoms with Crippen molar-refractivity contribution >= 4 is 5.91 Å². The molecule has 5 rings (SSSR count). The van der Waals surface area contributed by atoms with Gasteiger partial charge in [-0.2, -0.15) is 13.2 Å². The second kappa shape index (κ2) is 8.87. The van der Waals surface area contributed by atoms with Crippen molar-refractivity contribution in [2.24, 2.45) is 0 Å². The molecule has 2 heterocycles. The van der Waals surface area contributed by atoms with Gasteiger partial charge < -0.3 is 10.0 Å². The Bertz CT molecular complexity index is 1200. The molecule has 2 aliphatic rings. The molecule has 2 fully saturated rings. The third-order valence-corrected chi connectivity index (χ3v) is 6.83. The van der Waals surface area contributed by atoms with Crippen LogP contribution < -0.4 is 0 Å². The lowest BCUT2D eigenvalue weighted by Crippen LogP contribution is -2.29. The second-order valence-electron chi connectivity index (χ2n) is 9.10. The van der Waals surface area contributed by atoms with Crippen LogP contribution in [0.1, 0.15) is 63.8 Å². The first-order chi connectivity index (χ1) is 16.3. The Labute approximate surface area is 196 Å². The molecule has 1 amide bonds. The number of aromatic nitrogens is 1. The van der Waals surface area contributed by atoms with Gasteiger partial charge in [-0.3, -0.25) is 9.78 Å². The van der Waals surface area contributed by atoms with Crippen molar-refractivity contribution in [3.63, 3.8) is 0 Å². The summed E-state index contributed by atoms with van der Waals surface area (Å²) in [5.74, 6) is 0.284. The number of amides is 1. The molecule has 1 saturated heterocycles. The Hall–Kier alpha value is -3.19. The Morgan fingerprint density at radius 2 is 1.79 bits per heavy atom. The largest absolute Gasteiger partial charge is 0.417 e. The fraction of sp³-hybridized carbons (Fsp3) is 0.333. The molecule has 7 heteroatoms. The maximum atomic E-state index is 12.8. The van der Waals surface area contributed by atoms with Crippen molar-refractivity contribution in [2.75, 3.05) is 13.1 Å². The fourth-order valence-electron chi connectivity index (χ4n) is 4.87. The lowest BCUT2D eigenvalue weighted by atomic mass is 9.89. The lowest BCUT2D eigenvalue weighted by Gasteiger charge is -2.19. The third-order valence-electron chi connectivity index (χ3n) is 6.83. The molecule has 0 spiro atoms. The molecule has 1 aliphatic carbocycles. The number of aliphatic hydroxyl groups is 1. The summed E-state index contributed by atoms with van der Waals surface area (Å²) >= 11 is 0. The summed E-state index contributed by atoms with van der Waals surface area (Å²) in [5.41, 5.74) is 4.60. The minimum absolute atomic E-state index is 0.00284. The van der Waals surface area contributed by atoms with E-state index >= 15 is 0 Å². The van der Waals surface area contributed by atoms with Gasteiger partial charge in [-0.05, 0) is 71.2 Å². The fourth-order valence-corrected chi connectivity index (χ4v) is 4.87. The van der Waals surface area contributed by atoms with Crippen LogP contribution in [0, 0.1) is 0 Å². The molecule has 1 atom stereocenters. The highest BCUT2D eigenvalue weighted by Crippen LogP contribution is 2.45. The van der Waals surface area contributed by atoms with Crippen LogP contribution in [0.5, 0.6) is 0 Å². The number of rotatable bonds is 5. The first-order valence-electron chi connectivity index (χ1n) is 11.5. The Morgan fingerprint density at radius 1 is 1.00 bits per heavy atom. The zero-order valence-electron chi connectivity index (χ0n) is 18.6. The molecule has 4 nitrogen and oxygen atoms in total. The summed E-state index contributed by atoms with van der Waals surface area (Å²) in [6, 6.07) is 16.6. The number of nitrogens with zero attached hydrogens (tertiary/aromatic N) is 2. The van der Waals surface area contributed by atoms with Gasteiger partial charge in [-0.15, -0.1) is 0 Å². The van der Waals surface area contributed by atoms with E-state index in [0.29, 0.717) is 25.2 Å². The Morgan fingerprint density at radius 3 is 2.47 bits per heavy atom. The van der Waals surface area contributed by atoms with Gasteiger partial charge in [0, 0.05) is 25.2 Å². The van der Waals surface area contributed by atoms with Crippen LogP contribution in [0.2, 0.25) is 0 Å². The number of halogens is 3. The van der Waals surface area contributed by atoms with Crippen LogP contribution in [-0.2, 0) is 12.8 Å². The van der Waals surface area contributed by atoms with Crippen molar-refractivity contribution in [1.82, 2.24) is 9.88 Å². The van der Waals surface area contributed by atoms with Crippen molar-refractivity contribution in [1.29, 1.82) is 0 Å². The quantitative estimate of drug-likeness (QED) is 0.520. The van der Waals surface area contributed by atoms with Crippen LogP contribution in [0.4, 0.5) is 13.2 Å². The van der Waals surface area contributed by atoms with Crippen molar-refractivity contribution in [2.45, 2.75) is 43.9 Å². The van der Waals surface area contributed by atoms with Crippen LogP contribution >= 0.6 is 0 Å². The monoisotopic (exact) mass is 466 g/mol. The molecule has 1 aliphatic heterocycles. The van der Waals surface area contributed by atoms with Crippen LogP contribution in [-0.4, -0.2) is 34.0 Å². The van der Waals surface area contributed by atoms with Crippen molar-refractivity contribution in [3.05, 3.63) is 88.7 Å². The number of pyridine rings is 1. The van der Waals surface area contributed by atoms with E-state index in [2.05, 4.69) is 29.2 Å². The molecular weight excluding hydrogens is 441 g/mol. The molecule has 0 bridgehead atoms. The van der Waals surface area contributed by atoms with E-state index in [-0.39, 0.29) is 24.1 Å². The number of alkyl halides is 3. The van der Waals surface area contributed by atoms with E-state index in [1.165, 1.54) is 24.0 Å². The van der Waals surface area contributed by atoms with Gasteiger partial charge in [0.25, 0.3) is 5.91 Å². The first-order valence-corrected chi connectivity index (χ1v) is 11.5. The molecule has 0 radical (unpaired) electrons. The maximum Gasteiger partial charge on any atom is 0.417 e. The van der Waals surface area contributed by atoms with Crippen LogP contribution in [0.25, 0.3) is 11.1 Å². The topological polar surface area (TPSA) is 53.4 Å². The molecule has 34 heavy (non-hydrogen) atoms. The minimum Gasteiger partial charge on any atom is -0.392 e. The predicted octanol–water partition coefficient (Wildman–Crippen LogP) is 5.77. The van der Waals surface area contributed by atoms with Crippen molar-refractivity contribution in [3.8, 4) is 11.1 Å². The highest BCUT2D eigenvalue weighted by atomic mass is 19.4. The highest BCUT2D eigenvalue weighted by molar-refractivity contribution is 5.92. The molecule has 1 aromatic heterocycles. The van der Waals surface area contributed by atoms with E-state index in [1.54, 1.807) is 4.90 Å². The zero-order valence-corrected chi connectivity index (χ0v) is 18.6. The highest BCUT2D eigenvalue weighted by Gasteiger charge is 2.33. The predicted molar refractivity (Wildman–Crippen MR) is 122 cm³/mol. The van der Waals surface area contributed by atoms with Gasteiger partial charge in [0.1, 0.15) is 5.69 Å². The summed E-state index contributed by atoms with van der Waals surface area (Å²) in [6.07, 6.45) is -0.650. The van der Waals surface area contributed by atoms with Crippen LogP contribution in [0.15, 0.2) is 60.8 Å². The van der Waals surface area contributed by atoms with Gasteiger partial charge in [0.15, 0.2) is 0 Å². The molecule has 0 unspecified atom stereocenters. The van der Waals surface area contributed by atoms with E-state index in [0.717, 1.165) is 35.2 Å². The Balaban J connectivity index is 1.34. The summed E-state index contributed by atoms with van der Waals surface area (Å²) in [4.78, 5) is 18.2. The average molecular weight is 467 g/mol.